The Kier molecular flexibility index (Phi) is 5.44. The zero-order valence-corrected chi connectivity index (χ0v) is 13.6. The second-order valence-corrected chi connectivity index (χ2v) is 5.95. The molecular formula is C14H20F6N2O2. The van der Waals surface area contributed by atoms with Crippen molar-refractivity contribution in [3.05, 3.63) is 23.2 Å². The van der Waals surface area contributed by atoms with Gasteiger partial charge in [-0.1, -0.05) is 13.8 Å². The number of hydrogen-bond acceptors (Lipinski definition) is 4. The van der Waals surface area contributed by atoms with Crippen LogP contribution in [-0.4, -0.2) is 47.7 Å². The smallest absolute Gasteiger partial charge is 0.421 e. The van der Waals surface area contributed by atoms with Crippen molar-refractivity contribution in [2.75, 3.05) is 13.7 Å². The van der Waals surface area contributed by atoms with Crippen molar-refractivity contribution in [3.63, 3.8) is 0 Å². The molecule has 0 spiro atoms. The van der Waals surface area contributed by atoms with Gasteiger partial charge in [-0.05, 0) is 18.9 Å². The van der Waals surface area contributed by atoms with Gasteiger partial charge in [-0.2, -0.15) is 26.3 Å². The van der Waals surface area contributed by atoms with Crippen molar-refractivity contribution in [3.8, 4) is 0 Å². The zero-order chi connectivity index (χ0) is 19.1. The van der Waals surface area contributed by atoms with Gasteiger partial charge in [0.15, 0.2) is 5.60 Å². The van der Waals surface area contributed by atoms with Gasteiger partial charge in [-0.25, -0.2) is 0 Å². The van der Waals surface area contributed by atoms with E-state index >= 15 is 0 Å². The highest BCUT2D eigenvalue weighted by atomic mass is 19.4. The van der Waals surface area contributed by atoms with Crippen LogP contribution in [0.25, 0.3) is 0 Å². The van der Waals surface area contributed by atoms with Gasteiger partial charge in [0.25, 0.3) is 0 Å². The molecule has 4 nitrogen and oxygen atoms in total. The number of nitrogens with two attached hydrogens (primary N) is 1. The Balaban J connectivity index is 3.45. The topological polar surface area (TPSA) is 58.7 Å². The molecule has 0 saturated heterocycles. The molecule has 24 heavy (non-hydrogen) atoms. The number of aliphatic hydroxyl groups is 1. The van der Waals surface area contributed by atoms with Crippen LogP contribution in [0.5, 0.6) is 0 Å². The van der Waals surface area contributed by atoms with Crippen LogP contribution >= 0.6 is 0 Å². The molecule has 2 unspecified atom stereocenters. The van der Waals surface area contributed by atoms with Crippen molar-refractivity contribution in [1.29, 1.82) is 0 Å². The predicted octanol–water partition coefficient (Wildman–Crippen LogP) is 2.90. The molecule has 1 rings (SSSR count). The van der Waals surface area contributed by atoms with E-state index in [1.54, 1.807) is 0 Å². The summed E-state index contributed by atoms with van der Waals surface area (Å²) in [5.74, 6) is -2.11. The van der Waals surface area contributed by atoms with E-state index in [2.05, 4.69) is 0 Å². The van der Waals surface area contributed by atoms with Crippen molar-refractivity contribution < 1.29 is 36.2 Å². The molecule has 1 aliphatic heterocycles. The third-order valence-corrected chi connectivity index (χ3v) is 4.11. The van der Waals surface area contributed by atoms with Crippen LogP contribution in [0.3, 0.4) is 0 Å². The Bertz CT molecular complexity index is 538. The van der Waals surface area contributed by atoms with E-state index in [9.17, 15) is 31.4 Å². The summed E-state index contributed by atoms with van der Waals surface area (Å²) in [5.41, 5.74) is 0.728. The van der Waals surface area contributed by atoms with Crippen LogP contribution in [-0.2, 0) is 4.74 Å². The van der Waals surface area contributed by atoms with Gasteiger partial charge in [-0.3, -0.25) is 0 Å². The largest absolute Gasteiger partial charge is 0.482 e. The zero-order valence-electron chi connectivity index (χ0n) is 13.6. The quantitative estimate of drug-likeness (QED) is 0.755. The van der Waals surface area contributed by atoms with E-state index in [0.717, 1.165) is 21.0 Å². The molecule has 1 heterocycles. The van der Waals surface area contributed by atoms with Gasteiger partial charge in [0.05, 0.1) is 19.7 Å². The fourth-order valence-electron chi connectivity index (χ4n) is 2.36. The average Bonchev–Trinajstić information content (AvgIpc) is 2.40. The third kappa shape index (κ3) is 3.57. The maximum absolute atomic E-state index is 13.3. The molecule has 0 radical (unpaired) electrons. The molecule has 0 aromatic rings. The third-order valence-electron chi connectivity index (χ3n) is 4.11. The molecule has 0 aromatic carbocycles. The van der Waals surface area contributed by atoms with Crippen molar-refractivity contribution in [2.24, 2.45) is 11.7 Å². The first-order valence-electron chi connectivity index (χ1n) is 7.05. The number of ether oxygens (including phenoxy) is 1. The van der Waals surface area contributed by atoms with Gasteiger partial charge in [0.2, 0.25) is 5.88 Å². The van der Waals surface area contributed by atoms with Crippen LogP contribution in [0.4, 0.5) is 26.3 Å². The molecule has 3 N–H and O–H groups in total. The lowest BCUT2D eigenvalue weighted by molar-refractivity contribution is -0.281. The van der Waals surface area contributed by atoms with Crippen LogP contribution in [0.1, 0.15) is 20.8 Å². The predicted molar refractivity (Wildman–Crippen MR) is 74.4 cm³/mol. The van der Waals surface area contributed by atoms with Crippen molar-refractivity contribution >= 4 is 0 Å². The molecule has 0 fully saturated rings. The van der Waals surface area contributed by atoms with E-state index in [1.165, 1.54) is 6.92 Å². The molecule has 0 amide bonds. The Morgan fingerprint density at radius 1 is 1.25 bits per heavy atom. The molecule has 10 heteroatoms. The first kappa shape index (κ1) is 20.5. The lowest BCUT2D eigenvalue weighted by atomic mass is 9.88. The van der Waals surface area contributed by atoms with Crippen molar-refractivity contribution in [1.82, 2.24) is 4.90 Å². The van der Waals surface area contributed by atoms with E-state index in [1.807, 2.05) is 0 Å². The summed E-state index contributed by atoms with van der Waals surface area (Å²) < 4.78 is 84.0. The number of allylic oxidation sites excluding steroid dienone is 2. The minimum atomic E-state index is -5.05. The first-order chi connectivity index (χ1) is 10.7. The van der Waals surface area contributed by atoms with Gasteiger partial charge in [-0.15, -0.1) is 0 Å². The highest BCUT2D eigenvalue weighted by Gasteiger charge is 2.58. The molecule has 0 aliphatic carbocycles. The summed E-state index contributed by atoms with van der Waals surface area (Å²) in [4.78, 5) is 0.686. The highest BCUT2D eigenvalue weighted by Crippen LogP contribution is 2.41. The molecule has 0 bridgehead atoms. The number of hydrogen-bond donors (Lipinski definition) is 2. The van der Waals surface area contributed by atoms with Crippen molar-refractivity contribution in [2.45, 2.75) is 44.8 Å². The maximum Gasteiger partial charge on any atom is 0.421 e. The second-order valence-electron chi connectivity index (χ2n) is 5.95. The van der Waals surface area contributed by atoms with E-state index in [-0.39, 0.29) is 5.70 Å². The second kappa shape index (κ2) is 6.38. The Morgan fingerprint density at radius 3 is 2.08 bits per heavy atom. The van der Waals surface area contributed by atoms with E-state index in [0.29, 0.717) is 11.0 Å². The van der Waals surface area contributed by atoms with Crippen LogP contribution in [0.15, 0.2) is 23.2 Å². The number of rotatable bonds is 4. The van der Waals surface area contributed by atoms with Crippen LogP contribution in [0.2, 0.25) is 0 Å². The number of alkyl halides is 6. The fraction of sp³-hybridized carbons (Fsp3) is 0.714. The lowest BCUT2D eigenvalue weighted by Gasteiger charge is -2.43. The normalized spacial score (nSPS) is 22.6. The molecular weight excluding hydrogens is 342 g/mol. The number of β-amino-alcohol motifs (C(OH)–C–C–N with tert-alkyl or cyclic N) is 1. The highest BCUT2D eigenvalue weighted by molar-refractivity contribution is 5.36. The van der Waals surface area contributed by atoms with E-state index < -0.39 is 47.9 Å². The monoisotopic (exact) mass is 362 g/mol. The Hall–Kier alpha value is -1.58. The summed E-state index contributed by atoms with van der Waals surface area (Å²) in [6, 6.07) is -1.02. The summed E-state index contributed by atoms with van der Waals surface area (Å²) in [6.45, 7) is 2.44. The summed E-state index contributed by atoms with van der Waals surface area (Å²) in [7, 11) is 0.915. The average molecular weight is 362 g/mol. The molecule has 140 valence electrons. The minimum absolute atomic E-state index is 0.281. The fourth-order valence-corrected chi connectivity index (χ4v) is 2.36. The molecule has 0 aromatic heterocycles. The van der Waals surface area contributed by atoms with Gasteiger partial charge in [0, 0.05) is 5.70 Å². The van der Waals surface area contributed by atoms with Gasteiger partial charge < -0.3 is 20.5 Å². The first-order valence-corrected chi connectivity index (χ1v) is 7.05. The Labute approximate surface area is 135 Å². The standard InChI is InChI=1S/C14H20F6N2O2/c1-7(2)12(23,14(18,19)20)6-22-8(3)10(21)5-9(11(22)24-4)13(15,16)17/h5,7-8,23H,6,21H2,1-4H3. The summed E-state index contributed by atoms with van der Waals surface area (Å²) in [6.07, 6.45) is -9.29. The SMILES string of the molecule is COC1=C(C(F)(F)F)C=C(N)C(C)N1CC(O)(C(C)C)C(F)(F)F. The molecule has 1 aliphatic rings. The van der Waals surface area contributed by atoms with Crippen LogP contribution < -0.4 is 5.73 Å². The lowest BCUT2D eigenvalue weighted by Crippen LogP contribution is -2.59. The van der Waals surface area contributed by atoms with Gasteiger partial charge >= 0.3 is 12.4 Å². The maximum atomic E-state index is 13.3. The summed E-state index contributed by atoms with van der Waals surface area (Å²) >= 11 is 0. The molecule has 2 atom stereocenters. The van der Waals surface area contributed by atoms with E-state index in [4.69, 9.17) is 10.5 Å². The summed E-state index contributed by atoms with van der Waals surface area (Å²) in [5, 5.41) is 10.1. The number of nitrogens with zero attached hydrogens (tertiary/aromatic N) is 1. The molecule has 0 saturated carbocycles. The minimum Gasteiger partial charge on any atom is -0.482 e. The number of methoxy groups -OCH3 is 1. The number of halogens is 6. The van der Waals surface area contributed by atoms with Crippen LogP contribution in [0, 0.1) is 5.92 Å². The Morgan fingerprint density at radius 2 is 1.75 bits per heavy atom. The van der Waals surface area contributed by atoms with Gasteiger partial charge in [0.1, 0.15) is 5.57 Å².